The predicted molar refractivity (Wildman–Crippen MR) is 88.3 cm³/mol. The van der Waals surface area contributed by atoms with Crippen molar-refractivity contribution in [3.63, 3.8) is 0 Å². The van der Waals surface area contributed by atoms with E-state index >= 15 is 0 Å². The van der Waals surface area contributed by atoms with Crippen LogP contribution in [0.4, 0.5) is 0 Å². The van der Waals surface area contributed by atoms with E-state index in [9.17, 15) is 5.11 Å². The van der Waals surface area contributed by atoms with Gasteiger partial charge >= 0.3 is 0 Å². The summed E-state index contributed by atoms with van der Waals surface area (Å²) in [5.41, 5.74) is 2.53. The molecule has 1 N–H and O–H groups in total. The van der Waals surface area contributed by atoms with Crippen LogP contribution in [0, 0.1) is 0 Å². The van der Waals surface area contributed by atoms with Gasteiger partial charge in [0.15, 0.2) is 0 Å². The van der Waals surface area contributed by atoms with Crippen molar-refractivity contribution in [3.05, 3.63) is 52.1 Å². The highest BCUT2D eigenvalue weighted by Gasteiger charge is 2.17. The van der Waals surface area contributed by atoms with Crippen LogP contribution in [-0.2, 0) is 6.54 Å². The fraction of sp³-hybridized carbons (Fsp3) is 0.412. The summed E-state index contributed by atoms with van der Waals surface area (Å²) in [5, 5.41) is 13.9. The van der Waals surface area contributed by atoms with Crippen LogP contribution < -0.4 is 0 Å². The molecule has 0 aromatic carbocycles. The summed E-state index contributed by atoms with van der Waals surface area (Å²) in [5.74, 6) is 0.875. The van der Waals surface area contributed by atoms with Gasteiger partial charge in [0.25, 0.3) is 0 Å². The van der Waals surface area contributed by atoms with E-state index in [1.807, 2.05) is 12.1 Å². The van der Waals surface area contributed by atoms with E-state index in [2.05, 4.69) is 41.6 Å². The Labute approximate surface area is 130 Å². The van der Waals surface area contributed by atoms with Crippen molar-refractivity contribution in [2.24, 2.45) is 0 Å². The standard InChI is InChI=1S/C17H23NO2S/c1-3-16(12-19)18(11-15-6-8-21-13-15)10-14(2)9-17-5-4-7-20-17/h4-9,13,16,19H,3,10-12H2,1-2H3/b14-9+/t16-/m0/s1. The number of hydrogen-bond donors (Lipinski definition) is 1. The largest absolute Gasteiger partial charge is 0.465 e. The number of thiophene rings is 1. The van der Waals surface area contributed by atoms with E-state index in [-0.39, 0.29) is 12.6 Å². The highest BCUT2D eigenvalue weighted by atomic mass is 32.1. The second-order valence-corrected chi connectivity index (χ2v) is 6.07. The van der Waals surface area contributed by atoms with Crippen molar-refractivity contribution in [1.82, 2.24) is 4.90 Å². The van der Waals surface area contributed by atoms with Gasteiger partial charge in [0.1, 0.15) is 5.76 Å². The third-order valence-corrected chi connectivity index (χ3v) is 4.28. The maximum Gasteiger partial charge on any atom is 0.126 e. The number of aliphatic hydroxyl groups is 1. The van der Waals surface area contributed by atoms with Crippen LogP contribution in [0.25, 0.3) is 6.08 Å². The van der Waals surface area contributed by atoms with Gasteiger partial charge in [0, 0.05) is 19.1 Å². The van der Waals surface area contributed by atoms with Crippen LogP contribution in [0.5, 0.6) is 0 Å². The topological polar surface area (TPSA) is 36.6 Å². The molecular weight excluding hydrogens is 282 g/mol. The van der Waals surface area contributed by atoms with Crippen molar-refractivity contribution in [1.29, 1.82) is 0 Å². The normalized spacial score (nSPS) is 13.8. The second-order valence-electron chi connectivity index (χ2n) is 5.29. The Balaban J connectivity index is 2.07. The molecule has 2 aromatic rings. The molecule has 0 aliphatic rings. The van der Waals surface area contributed by atoms with Crippen molar-refractivity contribution in [2.75, 3.05) is 13.2 Å². The molecule has 0 bridgehead atoms. The van der Waals surface area contributed by atoms with Crippen molar-refractivity contribution < 1.29 is 9.52 Å². The lowest BCUT2D eigenvalue weighted by molar-refractivity contribution is 0.122. The fourth-order valence-electron chi connectivity index (χ4n) is 2.42. The van der Waals surface area contributed by atoms with Crippen LogP contribution in [-0.4, -0.2) is 29.2 Å². The lowest BCUT2D eigenvalue weighted by Gasteiger charge is -2.29. The highest BCUT2D eigenvalue weighted by molar-refractivity contribution is 7.07. The highest BCUT2D eigenvalue weighted by Crippen LogP contribution is 2.16. The molecule has 0 radical (unpaired) electrons. The summed E-state index contributed by atoms with van der Waals surface area (Å²) >= 11 is 1.71. The third-order valence-electron chi connectivity index (χ3n) is 3.55. The quantitative estimate of drug-likeness (QED) is 0.800. The molecule has 3 nitrogen and oxygen atoms in total. The Hall–Kier alpha value is -1.36. The van der Waals surface area contributed by atoms with Gasteiger partial charge in [0.2, 0.25) is 0 Å². The molecule has 1 atom stereocenters. The molecule has 0 unspecified atom stereocenters. The van der Waals surface area contributed by atoms with Gasteiger partial charge in [-0.2, -0.15) is 11.3 Å². The molecule has 2 heterocycles. The molecule has 0 fully saturated rings. The zero-order valence-corrected chi connectivity index (χ0v) is 13.5. The molecule has 114 valence electrons. The Kier molecular flexibility index (Phi) is 6.23. The van der Waals surface area contributed by atoms with E-state index in [4.69, 9.17) is 4.42 Å². The van der Waals surface area contributed by atoms with E-state index in [1.165, 1.54) is 11.1 Å². The monoisotopic (exact) mass is 305 g/mol. The predicted octanol–water partition coefficient (Wildman–Crippen LogP) is 4.02. The number of aliphatic hydroxyl groups excluding tert-OH is 1. The van der Waals surface area contributed by atoms with Gasteiger partial charge in [-0.05, 0) is 53.9 Å². The van der Waals surface area contributed by atoms with Crippen molar-refractivity contribution in [2.45, 2.75) is 32.9 Å². The molecule has 0 spiro atoms. The summed E-state index contributed by atoms with van der Waals surface area (Å²) in [4.78, 5) is 2.33. The maximum atomic E-state index is 9.62. The van der Waals surface area contributed by atoms with Gasteiger partial charge < -0.3 is 9.52 Å². The van der Waals surface area contributed by atoms with E-state index in [1.54, 1.807) is 17.6 Å². The lowest BCUT2D eigenvalue weighted by atomic mass is 10.1. The van der Waals surface area contributed by atoms with Gasteiger partial charge in [-0.15, -0.1) is 0 Å². The minimum absolute atomic E-state index is 0.185. The van der Waals surface area contributed by atoms with Crippen LogP contribution in [0.15, 0.2) is 45.2 Å². The Morgan fingerprint density at radius 3 is 2.90 bits per heavy atom. The summed E-state index contributed by atoms with van der Waals surface area (Å²) in [6.07, 6.45) is 4.68. The molecule has 0 aliphatic heterocycles. The molecule has 21 heavy (non-hydrogen) atoms. The molecule has 2 aromatic heterocycles. The Morgan fingerprint density at radius 2 is 2.33 bits per heavy atom. The van der Waals surface area contributed by atoms with Gasteiger partial charge in [0.05, 0.1) is 12.9 Å². The third kappa shape index (κ3) is 4.84. The van der Waals surface area contributed by atoms with Gasteiger partial charge in [-0.25, -0.2) is 0 Å². The molecule has 4 heteroatoms. The summed E-state index contributed by atoms with van der Waals surface area (Å²) in [6.45, 7) is 6.11. The summed E-state index contributed by atoms with van der Waals surface area (Å²) in [6, 6.07) is 6.18. The van der Waals surface area contributed by atoms with Gasteiger partial charge in [-0.1, -0.05) is 12.5 Å². The van der Waals surface area contributed by atoms with Crippen LogP contribution in [0.3, 0.4) is 0 Å². The Bertz CT molecular complexity index is 527. The first-order valence-corrected chi connectivity index (χ1v) is 8.24. The summed E-state index contributed by atoms with van der Waals surface area (Å²) < 4.78 is 5.36. The SMILES string of the molecule is CC[C@@H](CO)N(C/C(C)=C/c1ccco1)Cc1ccsc1. The molecule has 0 saturated heterocycles. The maximum absolute atomic E-state index is 9.62. The van der Waals surface area contributed by atoms with E-state index < -0.39 is 0 Å². The average Bonchev–Trinajstić information content (AvgIpc) is 3.13. The number of furan rings is 1. The minimum Gasteiger partial charge on any atom is -0.465 e. The average molecular weight is 305 g/mol. The van der Waals surface area contributed by atoms with E-state index in [0.717, 1.165) is 25.3 Å². The summed E-state index contributed by atoms with van der Waals surface area (Å²) in [7, 11) is 0. The minimum atomic E-state index is 0.185. The fourth-order valence-corrected chi connectivity index (χ4v) is 3.08. The second kappa shape index (κ2) is 8.17. The number of hydrogen-bond acceptors (Lipinski definition) is 4. The first-order chi connectivity index (χ1) is 10.2. The zero-order valence-electron chi connectivity index (χ0n) is 12.7. The smallest absolute Gasteiger partial charge is 0.126 e. The van der Waals surface area contributed by atoms with Crippen LogP contribution in [0.2, 0.25) is 0 Å². The lowest BCUT2D eigenvalue weighted by Crippen LogP contribution is -2.38. The van der Waals surface area contributed by atoms with Crippen LogP contribution >= 0.6 is 11.3 Å². The van der Waals surface area contributed by atoms with E-state index in [0.29, 0.717) is 0 Å². The number of nitrogens with zero attached hydrogens (tertiary/aromatic N) is 1. The first kappa shape index (κ1) is 16.0. The Morgan fingerprint density at radius 1 is 1.48 bits per heavy atom. The molecule has 0 amide bonds. The van der Waals surface area contributed by atoms with Crippen molar-refractivity contribution in [3.8, 4) is 0 Å². The molecule has 0 aliphatic carbocycles. The molecule has 0 saturated carbocycles. The van der Waals surface area contributed by atoms with Crippen LogP contribution in [0.1, 0.15) is 31.6 Å². The van der Waals surface area contributed by atoms with Gasteiger partial charge in [-0.3, -0.25) is 4.90 Å². The zero-order chi connectivity index (χ0) is 15.1. The molecular formula is C17H23NO2S. The molecule has 2 rings (SSSR count). The first-order valence-electron chi connectivity index (χ1n) is 7.29. The van der Waals surface area contributed by atoms with Crippen molar-refractivity contribution >= 4 is 17.4 Å². The number of rotatable bonds is 8.